The van der Waals surface area contributed by atoms with Crippen LogP contribution in [0.2, 0.25) is 0 Å². The molecule has 116 valence electrons. The number of nitrogens with zero attached hydrogens (tertiary/aromatic N) is 1. The van der Waals surface area contributed by atoms with E-state index in [9.17, 15) is 9.90 Å². The van der Waals surface area contributed by atoms with E-state index >= 15 is 0 Å². The van der Waals surface area contributed by atoms with Crippen LogP contribution in [0.4, 0.5) is 0 Å². The third-order valence-corrected chi connectivity index (χ3v) is 4.23. The van der Waals surface area contributed by atoms with Crippen molar-refractivity contribution in [1.29, 1.82) is 0 Å². The lowest BCUT2D eigenvalue weighted by molar-refractivity contribution is -0.141. The number of rotatable bonds is 4. The van der Waals surface area contributed by atoms with E-state index in [0.29, 0.717) is 12.3 Å². The van der Waals surface area contributed by atoms with Crippen molar-refractivity contribution in [2.45, 2.75) is 26.3 Å². The Morgan fingerprint density at radius 1 is 1.43 bits per heavy atom. The summed E-state index contributed by atoms with van der Waals surface area (Å²) in [4.78, 5) is 14.4. The first-order valence-electron chi connectivity index (χ1n) is 7.28. The molecule has 0 spiro atoms. The smallest absolute Gasteiger partial charge is 0.228 e. The average molecular weight is 292 g/mol. The maximum Gasteiger partial charge on any atom is 0.228 e. The van der Waals surface area contributed by atoms with Crippen LogP contribution in [-0.2, 0) is 11.3 Å². The predicted octanol–water partition coefficient (Wildman–Crippen LogP) is 1.75. The fourth-order valence-corrected chi connectivity index (χ4v) is 2.82. The van der Waals surface area contributed by atoms with Crippen LogP contribution in [0.5, 0.6) is 11.5 Å². The van der Waals surface area contributed by atoms with E-state index in [0.717, 1.165) is 31.5 Å². The molecule has 2 rings (SSSR count). The van der Waals surface area contributed by atoms with Crippen molar-refractivity contribution in [1.82, 2.24) is 10.2 Å². The Labute approximate surface area is 125 Å². The van der Waals surface area contributed by atoms with Gasteiger partial charge in [-0.15, -0.1) is 0 Å². The van der Waals surface area contributed by atoms with Crippen molar-refractivity contribution in [2.75, 3.05) is 27.2 Å². The molecule has 1 aromatic rings. The molecule has 1 aromatic carbocycles. The Kier molecular flexibility index (Phi) is 4.73. The van der Waals surface area contributed by atoms with Gasteiger partial charge in [0.05, 0.1) is 7.11 Å². The van der Waals surface area contributed by atoms with Crippen molar-refractivity contribution in [3.8, 4) is 11.5 Å². The highest BCUT2D eigenvalue weighted by molar-refractivity contribution is 5.82. The van der Waals surface area contributed by atoms with Crippen LogP contribution in [0.3, 0.4) is 0 Å². The van der Waals surface area contributed by atoms with Crippen LogP contribution in [0.1, 0.15) is 25.3 Å². The number of hydrogen-bond donors (Lipinski definition) is 2. The molecule has 0 unspecified atom stereocenters. The molecule has 2 N–H and O–H groups in total. The van der Waals surface area contributed by atoms with Crippen LogP contribution in [-0.4, -0.2) is 43.2 Å². The van der Waals surface area contributed by atoms with E-state index in [-0.39, 0.29) is 17.1 Å². The predicted molar refractivity (Wildman–Crippen MR) is 81.3 cm³/mol. The summed E-state index contributed by atoms with van der Waals surface area (Å²) in [6.45, 7) is 4.34. The molecule has 1 fully saturated rings. The largest absolute Gasteiger partial charge is 0.504 e. The highest BCUT2D eigenvalue weighted by atomic mass is 16.5. The second kappa shape index (κ2) is 6.35. The minimum Gasteiger partial charge on any atom is -0.504 e. The summed E-state index contributed by atoms with van der Waals surface area (Å²) in [6, 6.07) is 5.18. The van der Waals surface area contributed by atoms with E-state index in [2.05, 4.69) is 5.32 Å². The van der Waals surface area contributed by atoms with Crippen molar-refractivity contribution in [2.24, 2.45) is 5.41 Å². The normalized spacial score (nSPS) is 17.3. The summed E-state index contributed by atoms with van der Waals surface area (Å²) in [7, 11) is 3.35. The van der Waals surface area contributed by atoms with E-state index in [1.165, 1.54) is 7.11 Å². The highest BCUT2D eigenvalue weighted by Crippen LogP contribution is 2.31. The maximum atomic E-state index is 12.7. The summed E-state index contributed by atoms with van der Waals surface area (Å²) in [5.41, 5.74) is 0.666. The lowest BCUT2D eigenvalue weighted by Crippen LogP contribution is -2.46. The first-order valence-corrected chi connectivity index (χ1v) is 7.28. The first-order chi connectivity index (χ1) is 9.96. The lowest BCUT2D eigenvalue weighted by Gasteiger charge is -2.36. The second-order valence-corrected chi connectivity index (χ2v) is 5.98. The number of aromatic hydroxyl groups is 1. The number of benzene rings is 1. The monoisotopic (exact) mass is 292 g/mol. The number of ether oxygens (including phenoxy) is 1. The number of nitrogens with one attached hydrogen (secondary N) is 1. The van der Waals surface area contributed by atoms with Gasteiger partial charge in [0, 0.05) is 19.0 Å². The fraction of sp³-hybridized carbons (Fsp3) is 0.562. The number of methoxy groups -OCH3 is 1. The van der Waals surface area contributed by atoms with Gasteiger partial charge in [0.1, 0.15) is 0 Å². The molecule has 1 saturated heterocycles. The number of carbonyl (C=O) groups is 1. The van der Waals surface area contributed by atoms with Gasteiger partial charge in [-0.2, -0.15) is 0 Å². The van der Waals surface area contributed by atoms with Crippen molar-refractivity contribution in [3.63, 3.8) is 0 Å². The molecule has 1 aliphatic rings. The number of carbonyl (C=O) groups excluding carboxylic acids is 1. The van der Waals surface area contributed by atoms with Gasteiger partial charge < -0.3 is 20.1 Å². The van der Waals surface area contributed by atoms with Gasteiger partial charge >= 0.3 is 0 Å². The molecular weight excluding hydrogens is 268 g/mol. The van der Waals surface area contributed by atoms with Crippen molar-refractivity contribution >= 4 is 5.91 Å². The van der Waals surface area contributed by atoms with E-state index in [1.54, 1.807) is 17.0 Å². The van der Waals surface area contributed by atoms with Crippen LogP contribution in [0.15, 0.2) is 18.2 Å². The Morgan fingerprint density at radius 3 is 2.71 bits per heavy atom. The van der Waals surface area contributed by atoms with Gasteiger partial charge in [-0.1, -0.05) is 13.0 Å². The molecule has 1 heterocycles. The van der Waals surface area contributed by atoms with Crippen molar-refractivity contribution < 1.29 is 14.6 Å². The molecule has 1 aliphatic heterocycles. The summed E-state index contributed by atoms with van der Waals surface area (Å²) >= 11 is 0. The quantitative estimate of drug-likeness (QED) is 0.887. The van der Waals surface area contributed by atoms with Crippen LogP contribution >= 0.6 is 0 Å². The van der Waals surface area contributed by atoms with E-state index in [1.807, 2.05) is 20.0 Å². The van der Waals surface area contributed by atoms with Gasteiger partial charge in [-0.3, -0.25) is 4.79 Å². The van der Waals surface area contributed by atoms with Gasteiger partial charge in [-0.05, 0) is 43.6 Å². The highest BCUT2D eigenvalue weighted by Gasteiger charge is 2.36. The molecule has 21 heavy (non-hydrogen) atoms. The first kappa shape index (κ1) is 15.6. The number of phenolic OH excluding ortho intramolecular Hbond substituents is 1. The summed E-state index contributed by atoms with van der Waals surface area (Å²) < 4.78 is 5.10. The fourth-order valence-electron chi connectivity index (χ4n) is 2.82. The Hall–Kier alpha value is -1.75. The minimum atomic E-state index is -0.277. The van der Waals surface area contributed by atoms with Crippen LogP contribution in [0, 0.1) is 5.41 Å². The molecule has 0 saturated carbocycles. The Bertz CT molecular complexity index is 510. The van der Waals surface area contributed by atoms with Crippen molar-refractivity contribution in [3.05, 3.63) is 23.8 Å². The van der Waals surface area contributed by atoms with Gasteiger partial charge in [-0.25, -0.2) is 0 Å². The van der Waals surface area contributed by atoms with Gasteiger partial charge in [0.25, 0.3) is 0 Å². The topological polar surface area (TPSA) is 61.8 Å². The minimum absolute atomic E-state index is 0.112. The zero-order valence-electron chi connectivity index (χ0n) is 13.0. The Morgan fingerprint density at radius 2 is 2.10 bits per heavy atom. The lowest BCUT2D eigenvalue weighted by atomic mass is 9.79. The molecule has 0 atom stereocenters. The molecular formula is C16H24N2O3. The summed E-state index contributed by atoms with van der Waals surface area (Å²) in [5, 5.41) is 12.9. The van der Waals surface area contributed by atoms with E-state index < -0.39 is 0 Å². The van der Waals surface area contributed by atoms with Gasteiger partial charge in [0.2, 0.25) is 5.91 Å². The molecule has 5 heteroatoms. The SMILES string of the molecule is COc1cc(CN(C)C(=O)C2(C)CCNCC2)ccc1O. The van der Waals surface area contributed by atoms with E-state index in [4.69, 9.17) is 4.74 Å². The molecule has 0 bridgehead atoms. The number of amides is 1. The molecule has 0 aliphatic carbocycles. The zero-order chi connectivity index (χ0) is 15.5. The summed E-state index contributed by atoms with van der Waals surface area (Å²) in [5.74, 6) is 0.720. The number of hydrogen-bond acceptors (Lipinski definition) is 4. The number of piperidine rings is 1. The molecule has 0 radical (unpaired) electrons. The average Bonchev–Trinajstić information content (AvgIpc) is 2.49. The number of phenols is 1. The van der Waals surface area contributed by atoms with Crippen LogP contribution in [0.25, 0.3) is 0 Å². The maximum absolute atomic E-state index is 12.7. The Balaban J connectivity index is 2.06. The standard InChI is InChI=1S/C16H24N2O3/c1-16(6-8-17-9-7-16)15(20)18(2)11-12-4-5-13(19)14(10-12)21-3/h4-5,10,17,19H,6-9,11H2,1-3H3. The molecule has 5 nitrogen and oxygen atoms in total. The zero-order valence-corrected chi connectivity index (χ0v) is 13.0. The summed E-state index contributed by atoms with van der Waals surface area (Å²) in [6.07, 6.45) is 1.74. The molecule has 0 aromatic heterocycles. The third kappa shape index (κ3) is 3.47. The second-order valence-electron chi connectivity index (χ2n) is 5.98. The van der Waals surface area contributed by atoms with Gasteiger partial charge in [0.15, 0.2) is 11.5 Å². The van der Waals surface area contributed by atoms with Crippen LogP contribution < -0.4 is 10.1 Å². The third-order valence-electron chi connectivity index (χ3n) is 4.23. The molecule has 1 amide bonds.